The minimum atomic E-state index is -0.407. The summed E-state index contributed by atoms with van der Waals surface area (Å²) in [6.07, 6.45) is 0. The number of hydrogen-bond acceptors (Lipinski definition) is 3. The predicted octanol–water partition coefficient (Wildman–Crippen LogP) is 3.21. The van der Waals surface area contributed by atoms with Crippen LogP contribution in [0.4, 0.5) is 0 Å². The number of amides is 1. The number of primary amides is 1. The standard InChI is InChI=1S/C14H16N2OS/c1-14(2,3)13-16-11(8-18-13)9-4-6-10(7-5-9)12(15)17/h4-8H,1-3H3,(H2,15,17). The second kappa shape index (κ2) is 4.53. The molecule has 1 aromatic heterocycles. The number of thiazole rings is 1. The summed E-state index contributed by atoms with van der Waals surface area (Å²) < 4.78 is 0. The number of carbonyl (C=O) groups is 1. The summed E-state index contributed by atoms with van der Waals surface area (Å²) in [4.78, 5) is 15.6. The molecule has 94 valence electrons. The normalized spacial score (nSPS) is 11.5. The fraction of sp³-hybridized carbons (Fsp3) is 0.286. The van der Waals surface area contributed by atoms with Crippen LogP contribution in [0.2, 0.25) is 0 Å². The Hall–Kier alpha value is -1.68. The first-order valence-electron chi connectivity index (χ1n) is 5.74. The summed E-state index contributed by atoms with van der Waals surface area (Å²) in [6, 6.07) is 7.21. The third-order valence-electron chi connectivity index (χ3n) is 2.61. The molecule has 2 aromatic rings. The summed E-state index contributed by atoms with van der Waals surface area (Å²) in [5.74, 6) is -0.407. The van der Waals surface area contributed by atoms with Gasteiger partial charge in [-0.1, -0.05) is 32.9 Å². The van der Waals surface area contributed by atoms with Gasteiger partial charge in [-0.15, -0.1) is 11.3 Å². The van der Waals surface area contributed by atoms with Gasteiger partial charge in [-0.25, -0.2) is 4.98 Å². The molecule has 0 radical (unpaired) electrons. The summed E-state index contributed by atoms with van der Waals surface area (Å²) in [5, 5.41) is 3.15. The van der Waals surface area contributed by atoms with E-state index >= 15 is 0 Å². The molecule has 0 spiro atoms. The maximum Gasteiger partial charge on any atom is 0.248 e. The van der Waals surface area contributed by atoms with Gasteiger partial charge in [0.15, 0.2) is 0 Å². The lowest BCUT2D eigenvalue weighted by Crippen LogP contribution is -2.10. The van der Waals surface area contributed by atoms with Crippen molar-refractivity contribution in [1.82, 2.24) is 4.98 Å². The second-order valence-corrected chi connectivity index (χ2v) is 6.09. The fourth-order valence-corrected chi connectivity index (χ4v) is 2.47. The molecule has 0 fully saturated rings. The number of hydrogen-bond donors (Lipinski definition) is 1. The first-order chi connectivity index (χ1) is 8.38. The molecule has 0 saturated heterocycles. The fourth-order valence-electron chi connectivity index (χ4n) is 1.56. The van der Waals surface area contributed by atoms with E-state index in [1.54, 1.807) is 23.5 Å². The van der Waals surface area contributed by atoms with Gasteiger partial charge in [-0.05, 0) is 12.1 Å². The molecule has 0 aliphatic carbocycles. The molecule has 18 heavy (non-hydrogen) atoms. The maximum atomic E-state index is 11.0. The summed E-state index contributed by atoms with van der Waals surface area (Å²) in [7, 11) is 0. The zero-order valence-corrected chi connectivity index (χ0v) is 11.5. The van der Waals surface area contributed by atoms with Gasteiger partial charge in [0.2, 0.25) is 5.91 Å². The molecular weight excluding hydrogens is 244 g/mol. The lowest BCUT2D eigenvalue weighted by molar-refractivity contribution is 0.100. The molecule has 0 bridgehead atoms. The number of carbonyl (C=O) groups excluding carboxylic acids is 1. The Labute approximate surface area is 111 Å². The van der Waals surface area contributed by atoms with Crippen molar-refractivity contribution in [2.75, 3.05) is 0 Å². The highest BCUT2D eigenvalue weighted by atomic mass is 32.1. The predicted molar refractivity (Wildman–Crippen MR) is 74.8 cm³/mol. The average Bonchev–Trinajstić information content (AvgIpc) is 2.78. The van der Waals surface area contributed by atoms with Crippen molar-refractivity contribution in [2.45, 2.75) is 26.2 Å². The first kappa shape index (κ1) is 12.8. The lowest BCUT2D eigenvalue weighted by Gasteiger charge is -2.13. The molecule has 1 amide bonds. The van der Waals surface area contributed by atoms with E-state index in [1.165, 1.54) is 0 Å². The summed E-state index contributed by atoms with van der Waals surface area (Å²) >= 11 is 1.66. The van der Waals surface area contributed by atoms with Gasteiger partial charge in [0.25, 0.3) is 0 Å². The molecule has 1 aromatic carbocycles. The van der Waals surface area contributed by atoms with E-state index in [2.05, 4.69) is 25.8 Å². The zero-order chi connectivity index (χ0) is 13.3. The van der Waals surface area contributed by atoms with Crippen LogP contribution in [0.25, 0.3) is 11.3 Å². The first-order valence-corrected chi connectivity index (χ1v) is 6.62. The van der Waals surface area contributed by atoms with Crippen LogP contribution in [0.5, 0.6) is 0 Å². The number of benzene rings is 1. The van der Waals surface area contributed by atoms with E-state index in [0.29, 0.717) is 5.56 Å². The van der Waals surface area contributed by atoms with Crippen LogP contribution in [0.3, 0.4) is 0 Å². The third kappa shape index (κ3) is 2.59. The van der Waals surface area contributed by atoms with E-state index in [4.69, 9.17) is 5.73 Å². The summed E-state index contributed by atoms with van der Waals surface area (Å²) in [5.41, 5.74) is 7.75. The molecule has 0 aliphatic rings. The maximum absolute atomic E-state index is 11.0. The van der Waals surface area contributed by atoms with E-state index in [9.17, 15) is 4.79 Å². The van der Waals surface area contributed by atoms with E-state index < -0.39 is 5.91 Å². The SMILES string of the molecule is CC(C)(C)c1nc(-c2ccc(C(N)=O)cc2)cs1. The molecule has 3 nitrogen and oxygen atoms in total. The Kier molecular flexibility index (Phi) is 3.22. The van der Waals surface area contributed by atoms with Gasteiger partial charge in [-0.3, -0.25) is 4.79 Å². The van der Waals surface area contributed by atoms with Gasteiger partial charge in [0.1, 0.15) is 0 Å². The molecule has 2 rings (SSSR count). The molecular formula is C14H16N2OS. The molecule has 2 N–H and O–H groups in total. The molecule has 1 heterocycles. The molecule has 4 heteroatoms. The number of aromatic nitrogens is 1. The van der Waals surface area contributed by atoms with Crippen LogP contribution in [-0.2, 0) is 5.41 Å². The van der Waals surface area contributed by atoms with Gasteiger partial charge in [0, 0.05) is 21.9 Å². The largest absolute Gasteiger partial charge is 0.366 e. The van der Waals surface area contributed by atoms with Crippen LogP contribution in [0.1, 0.15) is 36.1 Å². The number of rotatable bonds is 2. The van der Waals surface area contributed by atoms with E-state index in [1.807, 2.05) is 17.5 Å². The highest BCUT2D eigenvalue weighted by Gasteiger charge is 2.18. The molecule has 0 aliphatic heterocycles. The summed E-state index contributed by atoms with van der Waals surface area (Å²) in [6.45, 7) is 6.43. The van der Waals surface area contributed by atoms with Crippen LogP contribution in [-0.4, -0.2) is 10.9 Å². The van der Waals surface area contributed by atoms with Crippen molar-refractivity contribution in [3.8, 4) is 11.3 Å². The van der Waals surface area contributed by atoms with Crippen LogP contribution in [0.15, 0.2) is 29.6 Å². The second-order valence-electron chi connectivity index (χ2n) is 5.23. The monoisotopic (exact) mass is 260 g/mol. The molecule has 0 atom stereocenters. The quantitative estimate of drug-likeness (QED) is 0.901. The molecule has 0 saturated carbocycles. The van der Waals surface area contributed by atoms with Crippen molar-refractivity contribution >= 4 is 17.2 Å². The van der Waals surface area contributed by atoms with Crippen LogP contribution in [0, 0.1) is 0 Å². The highest BCUT2D eigenvalue weighted by Crippen LogP contribution is 2.29. The highest BCUT2D eigenvalue weighted by molar-refractivity contribution is 7.10. The van der Waals surface area contributed by atoms with Gasteiger partial charge >= 0.3 is 0 Å². The van der Waals surface area contributed by atoms with E-state index in [0.717, 1.165) is 16.3 Å². The number of nitrogens with two attached hydrogens (primary N) is 1. The smallest absolute Gasteiger partial charge is 0.248 e. The van der Waals surface area contributed by atoms with Crippen molar-refractivity contribution in [3.63, 3.8) is 0 Å². The number of nitrogens with zero attached hydrogens (tertiary/aromatic N) is 1. The van der Waals surface area contributed by atoms with E-state index in [-0.39, 0.29) is 5.41 Å². The Balaban J connectivity index is 2.32. The average molecular weight is 260 g/mol. The Morgan fingerprint density at radius 3 is 2.28 bits per heavy atom. The van der Waals surface area contributed by atoms with Crippen molar-refractivity contribution in [3.05, 3.63) is 40.2 Å². The van der Waals surface area contributed by atoms with Gasteiger partial charge in [0.05, 0.1) is 10.7 Å². The van der Waals surface area contributed by atoms with Crippen molar-refractivity contribution in [1.29, 1.82) is 0 Å². The lowest BCUT2D eigenvalue weighted by atomic mass is 9.98. The van der Waals surface area contributed by atoms with Crippen molar-refractivity contribution < 1.29 is 4.79 Å². The van der Waals surface area contributed by atoms with Crippen molar-refractivity contribution in [2.24, 2.45) is 5.73 Å². The minimum Gasteiger partial charge on any atom is -0.366 e. The Morgan fingerprint density at radius 1 is 1.22 bits per heavy atom. The van der Waals surface area contributed by atoms with Crippen LogP contribution >= 0.6 is 11.3 Å². The Morgan fingerprint density at radius 2 is 1.83 bits per heavy atom. The van der Waals surface area contributed by atoms with Gasteiger partial charge < -0.3 is 5.73 Å². The third-order valence-corrected chi connectivity index (χ3v) is 3.88. The zero-order valence-electron chi connectivity index (χ0n) is 10.7. The van der Waals surface area contributed by atoms with Crippen LogP contribution < -0.4 is 5.73 Å². The topological polar surface area (TPSA) is 56.0 Å². The molecule has 0 unspecified atom stereocenters. The minimum absolute atomic E-state index is 0.0656. The Bertz CT molecular complexity index is 564. The van der Waals surface area contributed by atoms with Gasteiger partial charge in [-0.2, -0.15) is 0 Å².